The molecule has 98 valence electrons. The van der Waals surface area contributed by atoms with Gasteiger partial charge < -0.3 is 9.47 Å². The molecule has 1 heterocycles. The van der Waals surface area contributed by atoms with Gasteiger partial charge in [-0.15, -0.1) is 11.3 Å². The van der Waals surface area contributed by atoms with E-state index in [2.05, 4.69) is 4.98 Å². The largest absolute Gasteiger partial charge is 0.463 e. The lowest BCUT2D eigenvalue weighted by Crippen LogP contribution is -2.03. The Morgan fingerprint density at radius 2 is 1.94 bits per heavy atom. The number of hydrogen-bond donors (Lipinski definition) is 0. The SMILES string of the molecule is CCOC(=O)C=Cc1nc(C)c(C(=O)OCC)s1. The molecule has 0 atom stereocenters. The van der Waals surface area contributed by atoms with Gasteiger partial charge in [-0.3, -0.25) is 0 Å². The van der Waals surface area contributed by atoms with Crippen LogP contribution in [0.2, 0.25) is 0 Å². The molecule has 0 spiro atoms. The van der Waals surface area contributed by atoms with Crippen molar-refractivity contribution in [2.75, 3.05) is 13.2 Å². The molecule has 0 aliphatic rings. The second-order valence-corrected chi connectivity index (χ2v) is 4.30. The minimum Gasteiger partial charge on any atom is -0.463 e. The summed E-state index contributed by atoms with van der Waals surface area (Å²) in [4.78, 5) is 27.3. The van der Waals surface area contributed by atoms with E-state index in [-0.39, 0.29) is 5.97 Å². The molecule has 0 aliphatic heterocycles. The van der Waals surface area contributed by atoms with Crippen molar-refractivity contribution >= 4 is 29.4 Å². The fourth-order valence-electron chi connectivity index (χ4n) is 1.20. The summed E-state index contributed by atoms with van der Waals surface area (Å²) < 4.78 is 9.65. The standard InChI is InChI=1S/C12H15NO4S/c1-4-16-10(14)7-6-9-13-8(3)11(18-9)12(15)17-5-2/h6-7H,4-5H2,1-3H3. The highest BCUT2D eigenvalue weighted by Crippen LogP contribution is 2.20. The molecule has 0 radical (unpaired) electrons. The third-order valence-electron chi connectivity index (χ3n) is 1.92. The molecule has 0 aliphatic carbocycles. The molecule has 0 saturated heterocycles. The van der Waals surface area contributed by atoms with Crippen molar-refractivity contribution in [2.24, 2.45) is 0 Å². The van der Waals surface area contributed by atoms with Crippen LogP contribution >= 0.6 is 11.3 Å². The Morgan fingerprint density at radius 1 is 1.28 bits per heavy atom. The first-order chi connectivity index (χ1) is 8.58. The maximum absolute atomic E-state index is 11.6. The van der Waals surface area contributed by atoms with Crippen LogP contribution in [-0.4, -0.2) is 30.1 Å². The normalized spacial score (nSPS) is 10.6. The van der Waals surface area contributed by atoms with Crippen LogP contribution in [-0.2, 0) is 14.3 Å². The Balaban J connectivity index is 2.78. The minimum absolute atomic E-state index is 0.324. The minimum atomic E-state index is -0.428. The smallest absolute Gasteiger partial charge is 0.350 e. The molecule has 0 saturated carbocycles. The summed E-state index contributed by atoms with van der Waals surface area (Å²) in [6.45, 7) is 5.86. The first kappa shape index (κ1) is 14.4. The maximum Gasteiger partial charge on any atom is 0.350 e. The Hall–Kier alpha value is -1.69. The van der Waals surface area contributed by atoms with Gasteiger partial charge in [-0.1, -0.05) is 0 Å². The Labute approximate surface area is 109 Å². The Bertz CT molecular complexity index is 465. The maximum atomic E-state index is 11.6. The molecule has 1 rings (SSSR count). The summed E-state index contributed by atoms with van der Waals surface area (Å²) in [6, 6.07) is 0. The quantitative estimate of drug-likeness (QED) is 0.605. The molecule has 0 fully saturated rings. The van der Waals surface area contributed by atoms with E-state index in [1.807, 2.05) is 0 Å². The lowest BCUT2D eigenvalue weighted by atomic mass is 10.4. The van der Waals surface area contributed by atoms with E-state index in [0.29, 0.717) is 28.8 Å². The van der Waals surface area contributed by atoms with Crippen LogP contribution in [0.4, 0.5) is 0 Å². The van der Waals surface area contributed by atoms with Crippen LogP contribution in [0.15, 0.2) is 6.08 Å². The van der Waals surface area contributed by atoms with Crippen molar-refractivity contribution in [2.45, 2.75) is 20.8 Å². The number of carbonyl (C=O) groups is 2. The highest BCUT2D eigenvalue weighted by atomic mass is 32.1. The van der Waals surface area contributed by atoms with E-state index in [1.54, 1.807) is 20.8 Å². The molecule has 5 nitrogen and oxygen atoms in total. The molecule has 1 aromatic heterocycles. The number of rotatable bonds is 5. The predicted molar refractivity (Wildman–Crippen MR) is 68.5 cm³/mol. The molecule has 0 N–H and O–H groups in total. The van der Waals surface area contributed by atoms with Gasteiger partial charge in [0.05, 0.1) is 18.9 Å². The number of carbonyl (C=O) groups excluding carboxylic acids is 2. The molecular formula is C12H15NO4S. The molecule has 0 aromatic carbocycles. The van der Waals surface area contributed by atoms with Crippen molar-refractivity contribution in [3.8, 4) is 0 Å². The average Bonchev–Trinajstić information content (AvgIpc) is 2.69. The lowest BCUT2D eigenvalue weighted by molar-refractivity contribution is -0.137. The third-order valence-corrected chi connectivity index (χ3v) is 3.03. The van der Waals surface area contributed by atoms with E-state index < -0.39 is 5.97 Å². The van der Waals surface area contributed by atoms with Gasteiger partial charge in [-0.25, -0.2) is 14.6 Å². The molecule has 0 unspecified atom stereocenters. The number of hydrogen-bond acceptors (Lipinski definition) is 6. The van der Waals surface area contributed by atoms with Crippen molar-refractivity contribution in [1.29, 1.82) is 0 Å². The van der Waals surface area contributed by atoms with Gasteiger partial charge in [-0.05, 0) is 26.8 Å². The summed E-state index contributed by atoms with van der Waals surface area (Å²) in [7, 11) is 0. The Morgan fingerprint density at radius 3 is 2.56 bits per heavy atom. The highest BCUT2D eigenvalue weighted by molar-refractivity contribution is 7.14. The second-order valence-electron chi connectivity index (χ2n) is 3.27. The van der Waals surface area contributed by atoms with E-state index in [0.717, 1.165) is 0 Å². The number of aryl methyl sites for hydroxylation is 1. The summed E-state index contributed by atoms with van der Waals surface area (Å²) in [6.07, 6.45) is 2.81. The zero-order chi connectivity index (χ0) is 13.5. The molecule has 1 aromatic rings. The number of nitrogens with zero attached hydrogens (tertiary/aromatic N) is 1. The van der Waals surface area contributed by atoms with Gasteiger partial charge in [0.25, 0.3) is 0 Å². The molecule has 18 heavy (non-hydrogen) atoms. The van der Waals surface area contributed by atoms with Crippen molar-refractivity contribution in [1.82, 2.24) is 4.98 Å². The van der Waals surface area contributed by atoms with E-state index >= 15 is 0 Å². The van der Waals surface area contributed by atoms with Crippen molar-refractivity contribution < 1.29 is 19.1 Å². The molecule has 0 bridgehead atoms. The van der Waals surface area contributed by atoms with Crippen LogP contribution in [0.5, 0.6) is 0 Å². The molecule has 0 amide bonds. The van der Waals surface area contributed by atoms with Gasteiger partial charge in [0, 0.05) is 6.08 Å². The monoisotopic (exact) mass is 269 g/mol. The highest BCUT2D eigenvalue weighted by Gasteiger charge is 2.15. The van der Waals surface area contributed by atoms with Crippen LogP contribution in [0.25, 0.3) is 6.08 Å². The summed E-state index contributed by atoms with van der Waals surface area (Å²) in [5.74, 6) is -0.814. The van der Waals surface area contributed by atoms with E-state index in [1.165, 1.54) is 23.5 Å². The van der Waals surface area contributed by atoms with Gasteiger partial charge >= 0.3 is 11.9 Å². The van der Waals surface area contributed by atoms with Crippen LogP contribution in [0.3, 0.4) is 0 Å². The van der Waals surface area contributed by atoms with Gasteiger partial charge in [0.15, 0.2) is 0 Å². The van der Waals surface area contributed by atoms with Crippen LogP contribution < -0.4 is 0 Å². The predicted octanol–water partition coefficient (Wildman–Crippen LogP) is 2.20. The van der Waals surface area contributed by atoms with E-state index in [4.69, 9.17) is 9.47 Å². The zero-order valence-electron chi connectivity index (χ0n) is 10.6. The van der Waals surface area contributed by atoms with Crippen LogP contribution in [0.1, 0.15) is 34.2 Å². The van der Waals surface area contributed by atoms with E-state index in [9.17, 15) is 9.59 Å². The summed E-state index contributed by atoms with van der Waals surface area (Å²) in [5.41, 5.74) is 0.599. The topological polar surface area (TPSA) is 65.5 Å². The fraction of sp³-hybridized carbons (Fsp3) is 0.417. The lowest BCUT2D eigenvalue weighted by Gasteiger charge is -1.97. The summed E-state index contributed by atoms with van der Waals surface area (Å²) >= 11 is 1.19. The van der Waals surface area contributed by atoms with Gasteiger partial charge in [0.1, 0.15) is 9.88 Å². The first-order valence-electron chi connectivity index (χ1n) is 5.57. The first-order valence-corrected chi connectivity index (χ1v) is 6.39. The van der Waals surface area contributed by atoms with Gasteiger partial charge in [0.2, 0.25) is 0 Å². The average molecular weight is 269 g/mol. The number of ether oxygens (including phenoxy) is 2. The molecule has 6 heteroatoms. The fourth-order valence-corrected chi connectivity index (χ4v) is 2.07. The van der Waals surface area contributed by atoms with Crippen molar-refractivity contribution in [3.05, 3.63) is 21.7 Å². The molecular weight excluding hydrogens is 254 g/mol. The zero-order valence-corrected chi connectivity index (χ0v) is 11.4. The number of aromatic nitrogens is 1. The Kier molecular flexibility index (Phi) is 5.51. The third kappa shape index (κ3) is 3.96. The van der Waals surface area contributed by atoms with Crippen LogP contribution in [0, 0.1) is 6.92 Å². The second kappa shape index (κ2) is 6.90. The number of esters is 2. The van der Waals surface area contributed by atoms with Crippen molar-refractivity contribution in [3.63, 3.8) is 0 Å². The number of thiazole rings is 1. The van der Waals surface area contributed by atoms with Gasteiger partial charge in [-0.2, -0.15) is 0 Å². The summed E-state index contributed by atoms with van der Waals surface area (Å²) in [5, 5.41) is 0.573.